The predicted octanol–water partition coefficient (Wildman–Crippen LogP) is 3.35. The molecule has 3 aromatic rings. The monoisotopic (exact) mass is 438 g/mol. The van der Waals surface area contributed by atoms with Crippen LogP contribution in [0, 0.1) is 5.82 Å². The van der Waals surface area contributed by atoms with E-state index in [0.717, 1.165) is 6.20 Å². The number of fused-ring (bicyclic) bond motifs is 2. The molecule has 1 fully saturated rings. The van der Waals surface area contributed by atoms with E-state index in [-0.39, 0.29) is 23.4 Å². The fourth-order valence-electron chi connectivity index (χ4n) is 4.69. The molecule has 166 valence electrons. The number of benzene rings is 1. The van der Waals surface area contributed by atoms with Crippen LogP contribution in [0.15, 0.2) is 54.9 Å². The van der Waals surface area contributed by atoms with Crippen molar-refractivity contribution >= 4 is 5.82 Å². The molecule has 0 amide bonds. The van der Waals surface area contributed by atoms with Crippen molar-refractivity contribution < 1.29 is 13.9 Å². The summed E-state index contributed by atoms with van der Waals surface area (Å²) in [5, 5.41) is 22.9. The van der Waals surface area contributed by atoms with Gasteiger partial charge in [-0.15, -0.1) is 10.2 Å². The molecule has 4 heterocycles. The SMILES string of the molecule is CN(c1ccc(-c2ccc(-n3cc(F)cn3)cc2O)nn1)[C@H]1C[C@]2(C)C=C[C@H]([C@H]1F)N2C. The maximum Gasteiger partial charge on any atom is 0.161 e. The first kappa shape index (κ1) is 20.6. The Balaban J connectivity index is 1.36. The van der Waals surface area contributed by atoms with Crippen molar-refractivity contribution in [3.63, 3.8) is 0 Å². The number of alkyl halides is 1. The molecular weight excluding hydrogens is 414 g/mol. The summed E-state index contributed by atoms with van der Waals surface area (Å²) in [4.78, 5) is 3.93. The van der Waals surface area contributed by atoms with Crippen molar-refractivity contribution in [1.82, 2.24) is 24.9 Å². The molecule has 4 atom stereocenters. The molecule has 0 saturated carbocycles. The van der Waals surface area contributed by atoms with Crippen molar-refractivity contribution in [2.45, 2.75) is 37.1 Å². The van der Waals surface area contributed by atoms with Gasteiger partial charge in [0.05, 0.1) is 35.9 Å². The lowest BCUT2D eigenvalue weighted by molar-refractivity contribution is 0.0354. The molecule has 1 N–H and O–H groups in total. The van der Waals surface area contributed by atoms with Crippen LogP contribution in [0.25, 0.3) is 16.9 Å². The van der Waals surface area contributed by atoms with Gasteiger partial charge in [0.15, 0.2) is 11.6 Å². The normalized spacial score (nSPS) is 27.1. The number of phenols is 1. The highest BCUT2D eigenvalue weighted by Crippen LogP contribution is 2.41. The Bertz CT molecular complexity index is 1180. The van der Waals surface area contributed by atoms with E-state index < -0.39 is 12.0 Å². The second-order valence-corrected chi connectivity index (χ2v) is 8.73. The molecule has 32 heavy (non-hydrogen) atoms. The third-order valence-corrected chi connectivity index (χ3v) is 6.80. The minimum Gasteiger partial charge on any atom is -0.507 e. The topological polar surface area (TPSA) is 70.3 Å². The maximum absolute atomic E-state index is 15.2. The first-order valence-electron chi connectivity index (χ1n) is 10.4. The van der Waals surface area contributed by atoms with Crippen molar-refractivity contribution in [2.75, 3.05) is 19.0 Å². The van der Waals surface area contributed by atoms with Gasteiger partial charge in [-0.3, -0.25) is 4.90 Å². The Morgan fingerprint density at radius 1 is 1.22 bits per heavy atom. The number of aromatic hydroxyl groups is 1. The van der Waals surface area contributed by atoms with Crippen molar-refractivity contribution in [3.8, 4) is 22.7 Å². The van der Waals surface area contributed by atoms with Crippen LogP contribution in [0.3, 0.4) is 0 Å². The highest BCUT2D eigenvalue weighted by Gasteiger charge is 2.50. The smallest absolute Gasteiger partial charge is 0.161 e. The van der Waals surface area contributed by atoms with Gasteiger partial charge < -0.3 is 10.0 Å². The van der Waals surface area contributed by atoms with Crippen molar-refractivity contribution in [3.05, 3.63) is 60.7 Å². The van der Waals surface area contributed by atoms with Crippen molar-refractivity contribution in [1.29, 1.82) is 0 Å². The first-order valence-corrected chi connectivity index (χ1v) is 10.4. The summed E-state index contributed by atoms with van der Waals surface area (Å²) in [5.41, 5.74) is 1.31. The van der Waals surface area contributed by atoms with E-state index in [2.05, 4.69) is 33.2 Å². The lowest BCUT2D eigenvalue weighted by Gasteiger charge is -2.48. The van der Waals surface area contributed by atoms with E-state index in [1.165, 1.54) is 16.9 Å². The van der Waals surface area contributed by atoms with Crippen LogP contribution in [-0.4, -0.2) is 67.9 Å². The van der Waals surface area contributed by atoms with E-state index in [0.29, 0.717) is 29.2 Å². The Hall–Kier alpha value is -3.33. The predicted molar refractivity (Wildman–Crippen MR) is 117 cm³/mol. The summed E-state index contributed by atoms with van der Waals surface area (Å²) in [6, 6.07) is 7.83. The molecule has 0 spiro atoms. The Morgan fingerprint density at radius 2 is 2.03 bits per heavy atom. The summed E-state index contributed by atoms with van der Waals surface area (Å²) < 4.78 is 29.8. The quantitative estimate of drug-likeness (QED) is 0.630. The van der Waals surface area contributed by atoms with Crippen LogP contribution in [0.1, 0.15) is 13.3 Å². The maximum atomic E-state index is 15.2. The summed E-state index contributed by atoms with van der Waals surface area (Å²) >= 11 is 0. The van der Waals surface area contributed by atoms with Crippen LogP contribution >= 0.6 is 0 Å². The van der Waals surface area contributed by atoms with E-state index in [1.54, 1.807) is 24.3 Å². The summed E-state index contributed by atoms with van der Waals surface area (Å²) in [6.45, 7) is 2.12. The largest absolute Gasteiger partial charge is 0.507 e. The summed E-state index contributed by atoms with van der Waals surface area (Å²) in [7, 11) is 3.80. The number of halogens is 2. The van der Waals surface area contributed by atoms with E-state index in [9.17, 15) is 9.50 Å². The van der Waals surface area contributed by atoms with Crippen LogP contribution in [0.2, 0.25) is 0 Å². The Labute approximate surface area is 184 Å². The van der Waals surface area contributed by atoms with Crippen LogP contribution in [-0.2, 0) is 0 Å². The highest BCUT2D eigenvalue weighted by atomic mass is 19.1. The zero-order valence-electron chi connectivity index (χ0n) is 18.0. The van der Waals surface area contributed by atoms with Gasteiger partial charge in [0.25, 0.3) is 0 Å². The fourth-order valence-corrected chi connectivity index (χ4v) is 4.69. The lowest BCUT2D eigenvalue weighted by atomic mass is 9.85. The molecule has 1 saturated heterocycles. The standard InChI is InChI=1S/C23H24F2N6O/c1-23-9-8-18(30(23)3)22(25)19(11-23)29(2)21-7-6-17(27-28-21)16-5-4-15(10-20(16)32)31-13-14(24)12-26-31/h4-10,12-13,18-19,22,32H,11H2,1-3H3/t18-,19+,22-,23+/m1/s1. The molecule has 2 bridgehead atoms. The van der Waals surface area contributed by atoms with Gasteiger partial charge in [0, 0.05) is 24.2 Å². The number of likely N-dealkylation sites (N-methyl/N-ethyl adjacent to an activating group) is 1. The van der Waals surface area contributed by atoms with Gasteiger partial charge in [0.1, 0.15) is 11.9 Å². The molecule has 7 nitrogen and oxygen atoms in total. The Kier molecular flexibility index (Phi) is 4.74. The van der Waals surface area contributed by atoms with Gasteiger partial charge in [-0.25, -0.2) is 13.5 Å². The number of hydrogen-bond acceptors (Lipinski definition) is 6. The third kappa shape index (κ3) is 3.24. The Morgan fingerprint density at radius 3 is 2.69 bits per heavy atom. The molecule has 1 aromatic carbocycles. The molecule has 0 unspecified atom stereocenters. The first-order chi connectivity index (χ1) is 15.3. The number of hydrogen-bond donors (Lipinski definition) is 1. The second-order valence-electron chi connectivity index (χ2n) is 8.73. The minimum atomic E-state index is -1.04. The van der Waals surface area contributed by atoms with Crippen LogP contribution in [0.5, 0.6) is 5.75 Å². The van der Waals surface area contributed by atoms with Crippen LogP contribution < -0.4 is 4.90 Å². The molecule has 0 aliphatic carbocycles. The summed E-state index contributed by atoms with van der Waals surface area (Å²) in [5.74, 6) is 0.0812. The number of nitrogens with zero attached hydrogens (tertiary/aromatic N) is 6. The zero-order chi connectivity index (χ0) is 22.6. The minimum absolute atomic E-state index is 0.0245. The number of aromatic nitrogens is 4. The van der Waals surface area contributed by atoms with Gasteiger partial charge >= 0.3 is 0 Å². The molecule has 5 rings (SSSR count). The number of phenolic OH excluding ortho intramolecular Hbond substituents is 1. The summed E-state index contributed by atoms with van der Waals surface area (Å²) in [6.07, 6.45) is 5.98. The number of rotatable bonds is 4. The molecule has 2 aliphatic heterocycles. The molecule has 9 heteroatoms. The fraction of sp³-hybridized carbons (Fsp3) is 0.348. The second kappa shape index (κ2) is 7.37. The van der Waals surface area contributed by atoms with E-state index in [4.69, 9.17) is 0 Å². The van der Waals surface area contributed by atoms with Crippen LogP contribution in [0.4, 0.5) is 14.6 Å². The van der Waals surface area contributed by atoms with Gasteiger partial charge in [-0.1, -0.05) is 12.2 Å². The lowest BCUT2D eigenvalue weighted by Crippen LogP contribution is -2.61. The zero-order valence-corrected chi connectivity index (χ0v) is 18.0. The number of anilines is 1. The number of piperidine rings is 1. The van der Waals surface area contributed by atoms with Gasteiger partial charge in [-0.2, -0.15) is 5.10 Å². The van der Waals surface area contributed by atoms with Gasteiger partial charge in [-0.05, 0) is 44.7 Å². The third-order valence-electron chi connectivity index (χ3n) is 6.80. The van der Waals surface area contributed by atoms with Gasteiger partial charge in [0.2, 0.25) is 0 Å². The molecule has 0 radical (unpaired) electrons. The molecule has 2 aliphatic rings. The average Bonchev–Trinajstić information content (AvgIpc) is 3.30. The highest BCUT2D eigenvalue weighted by molar-refractivity contribution is 5.69. The molecule has 2 aromatic heterocycles. The molecular formula is C23H24F2N6O. The van der Waals surface area contributed by atoms with E-state index >= 15 is 4.39 Å². The van der Waals surface area contributed by atoms with E-state index in [1.807, 2.05) is 25.1 Å². The average molecular weight is 438 g/mol. The van der Waals surface area contributed by atoms with Crippen molar-refractivity contribution in [2.24, 2.45) is 0 Å².